The van der Waals surface area contributed by atoms with Crippen molar-refractivity contribution in [2.45, 2.75) is 13.5 Å². The van der Waals surface area contributed by atoms with E-state index in [9.17, 15) is 4.39 Å². The van der Waals surface area contributed by atoms with Gasteiger partial charge in [-0.2, -0.15) is 0 Å². The van der Waals surface area contributed by atoms with E-state index >= 15 is 0 Å². The molecule has 3 aromatic rings. The number of nitrogens with zero attached hydrogens (tertiary/aromatic N) is 2. The summed E-state index contributed by atoms with van der Waals surface area (Å²) in [6, 6.07) is 13.6. The third kappa shape index (κ3) is 3.25. The molecule has 5 heteroatoms. The minimum absolute atomic E-state index is 0.252. The molecule has 0 atom stereocenters. The Morgan fingerprint density at radius 3 is 2.33 bits per heavy atom. The molecule has 0 aliphatic carbocycles. The van der Waals surface area contributed by atoms with E-state index in [1.54, 1.807) is 19.1 Å². The van der Waals surface area contributed by atoms with Gasteiger partial charge < -0.3 is 9.15 Å². The van der Waals surface area contributed by atoms with E-state index in [0.29, 0.717) is 18.4 Å². The van der Waals surface area contributed by atoms with Crippen LogP contribution < -0.4 is 4.74 Å². The smallest absolute Gasteiger partial charge is 0.247 e. The SMILES string of the molecule is Cc1nnc(-c2ccc(OCc3ccc(F)cc3)cc2)o1. The summed E-state index contributed by atoms with van der Waals surface area (Å²) in [4.78, 5) is 0. The fourth-order valence-electron chi connectivity index (χ4n) is 1.85. The van der Waals surface area contributed by atoms with E-state index in [1.165, 1.54) is 12.1 Å². The minimum Gasteiger partial charge on any atom is -0.489 e. The van der Waals surface area contributed by atoms with Crippen molar-refractivity contribution < 1.29 is 13.5 Å². The predicted octanol–water partition coefficient (Wildman–Crippen LogP) is 3.76. The molecule has 1 aromatic heterocycles. The lowest BCUT2D eigenvalue weighted by atomic mass is 10.2. The highest BCUT2D eigenvalue weighted by Gasteiger charge is 2.05. The first-order valence-electron chi connectivity index (χ1n) is 6.48. The van der Waals surface area contributed by atoms with Gasteiger partial charge in [0.25, 0.3) is 0 Å². The average Bonchev–Trinajstić information content (AvgIpc) is 2.94. The molecule has 0 amide bonds. The number of hydrogen-bond acceptors (Lipinski definition) is 4. The summed E-state index contributed by atoms with van der Waals surface area (Å²) in [6.45, 7) is 2.13. The number of aromatic nitrogens is 2. The number of hydrogen-bond donors (Lipinski definition) is 0. The first-order valence-corrected chi connectivity index (χ1v) is 6.48. The van der Waals surface area contributed by atoms with Crippen molar-refractivity contribution in [3.8, 4) is 17.2 Å². The topological polar surface area (TPSA) is 48.2 Å². The van der Waals surface area contributed by atoms with Crippen LogP contribution in [0, 0.1) is 12.7 Å². The fraction of sp³-hybridized carbons (Fsp3) is 0.125. The number of halogens is 1. The Bertz CT molecular complexity index is 721. The molecule has 0 saturated heterocycles. The molecule has 0 unspecified atom stereocenters. The molecule has 0 bridgehead atoms. The summed E-state index contributed by atoms with van der Waals surface area (Å²) in [7, 11) is 0. The predicted molar refractivity (Wildman–Crippen MR) is 75.2 cm³/mol. The van der Waals surface area contributed by atoms with Gasteiger partial charge in [-0.1, -0.05) is 12.1 Å². The van der Waals surface area contributed by atoms with Crippen LogP contribution in [0.2, 0.25) is 0 Å². The zero-order chi connectivity index (χ0) is 14.7. The van der Waals surface area contributed by atoms with Gasteiger partial charge in [0.2, 0.25) is 11.8 Å². The molecule has 106 valence electrons. The van der Waals surface area contributed by atoms with E-state index < -0.39 is 0 Å². The van der Waals surface area contributed by atoms with Crippen LogP contribution in [0.25, 0.3) is 11.5 Å². The molecule has 0 aliphatic heterocycles. The Balaban J connectivity index is 1.65. The standard InChI is InChI=1S/C16H13FN2O2/c1-11-18-19-16(21-11)13-4-8-15(9-5-13)20-10-12-2-6-14(17)7-3-12/h2-9H,10H2,1H3. The second kappa shape index (κ2) is 5.75. The second-order valence-corrected chi connectivity index (χ2v) is 4.57. The monoisotopic (exact) mass is 284 g/mol. The molecule has 21 heavy (non-hydrogen) atoms. The van der Waals surface area contributed by atoms with Crippen LogP contribution in [0.1, 0.15) is 11.5 Å². The van der Waals surface area contributed by atoms with Gasteiger partial charge in [-0.05, 0) is 42.0 Å². The largest absolute Gasteiger partial charge is 0.489 e. The molecule has 0 radical (unpaired) electrons. The molecule has 0 aliphatic rings. The maximum atomic E-state index is 12.8. The zero-order valence-electron chi connectivity index (χ0n) is 11.4. The van der Waals surface area contributed by atoms with Crippen LogP contribution in [0.4, 0.5) is 4.39 Å². The van der Waals surface area contributed by atoms with Crippen molar-refractivity contribution in [3.63, 3.8) is 0 Å². The average molecular weight is 284 g/mol. The van der Waals surface area contributed by atoms with Crippen molar-refractivity contribution in [1.29, 1.82) is 0 Å². The van der Waals surface area contributed by atoms with Crippen molar-refractivity contribution in [2.75, 3.05) is 0 Å². The summed E-state index contributed by atoms with van der Waals surface area (Å²) in [5.41, 5.74) is 1.75. The number of benzene rings is 2. The van der Waals surface area contributed by atoms with Crippen molar-refractivity contribution >= 4 is 0 Å². The Morgan fingerprint density at radius 1 is 1.00 bits per heavy atom. The van der Waals surface area contributed by atoms with Crippen molar-refractivity contribution in [2.24, 2.45) is 0 Å². The van der Waals surface area contributed by atoms with Gasteiger partial charge in [0.05, 0.1) is 0 Å². The number of aryl methyl sites for hydroxylation is 1. The molecular weight excluding hydrogens is 271 g/mol. The van der Waals surface area contributed by atoms with Crippen LogP contribution >= 0.6 is 0 Å². The third-order valence-electron chi connectivity index (χ3n) is 2.95. The van der Waals surface area contributed by atoms with Gasteiger partial charge in [-0.15, -0.1) is 10.2 Å². The van der Waals surface area contributed by atoms with Crippen LogP contribution in [-0.2, 0) is 6.61 Å². The van der Waals surface area contributed by atoms with E-state index in [4.69, 9.17) is 9.15 Å². The molecule has 3 rings (SSSR count). The summed E-state index contributed by atoms with van der Waals surface area (Å²) in [5.74, 6) is 1.48. The number of ether oxygens (including phenoxy) is 1. The van der Waals surface area contributed by atoms with Gasteiger partial charge >= 0.3 is 0 Å². The van der Waals surface area contributed by atoms with E-state index in [0.717, 1.165) is 16.9 Å². The van der Waals surface area contributed by atoms with Crippen LogP contribution in [-0.4, -0.2) is 10.2 Å². The summed E-state index contributed by atoms with van der Waals surface area (Å²) < 4.78 is 23.8. The quantitative estimate of drug-likeness (QED) is 0.732. The van der Waals surface area contributed by atoms with E-state index in [1.807, 2.05) is 24.3 Å². The van der Waals surface area contributed by atoms with Gasteiger partial charge in [-0.25, -0.2) is 4.39 Å². The summed E-state index contributed by atoms with van der Waals surface area (Å²) in [6.07, 6.45) is 0. The Kier molecular flexibility index (Phi) is 3.64. The fourth-order valence-corrected chi connectivity index (χ4v) is 1.85. The first-order chi connectivity index (χ1) is 10.2. The first kappa shape index (κ1) is 13.3. The Labute approximate surface area is 121 Å². The van der Waals surface area contributed by atoms with Crippen molar-refractivity contribution in [3.05, 3.63) is 65.8 Å². The van der Waals surface area contributed by atoms with Gasteiger partial charge in [0, 0.05) is 12.5 Å². The van der Waals surface area contributed by atoms with E-state index in [2.05, 4.69) is 10.2 Å². The molecule has 2 aromatic carbocycles. The molecule has 0 saturated carbocycles. The third-order valence-corrected chi connectivity index (χ3v) is 2.95. The van der Waals surface area contributed by atoms with Crippen LogP contribution in [0.15, 0.2) is 52.9 Å². The zero-order valence-corrected chi connectivity index (χ0v) is 11.4. The lowest BCUT2D eigenvalue weighted by molar-refractivity contribution is 0.306. The van der Waals surface area contributed by atoms with Gasteiger partial charge in [0.1, 0.15) is 18.2 Å². The lowest BCUT2D eigenvalue weighted by Crippen LogP contribution is -1.95. The Morgan fingerprint density at radius 2 is 1.71 bits per heavy atom. The molecule has 0 N–H and O–H groups in total. The molecule has 0 spiro atoms. The van der Waals surface area contributed by atoms with Crippen molar-refractivity contribution in [1.82, 2.24) is 10.2 Å². The Hall–Kier alpha value is -2.69. The van der Waals surface area contributed by atoms with Gasteiger partial charge in [-0.3, -0.25) is 0 Å². The van der Waals surface area contributed by atoms with Crippen LogP contribution in [0.3, 0.4) is 0 Å². The van der Waals surface area contributed by atoms with Gasteiger partial charge in [0.15, 0.2) is 0 Å². The molecule has 1 heterocycles. The van der Waals surface area contributed by atoms with Crippen LogP contribution in [0.5, 0.6) is 5.75 Å². The summed E-state index contributed by atoms with van der Waals surface area (Å²) >= 11 is 0. The maximum Gasteiger partial charge on any atom is 0.247 e. The highest BCUT2D eigenvalue weighted by atomic mass is 19.1. The highest BCUT2D eigenvalue weighted by Crippen LogP contribution is 2.21. The highest BCUT2D eigenvalue weighted by molar-refractivity contribution is 5.53. The summed E-state index contributed by atoms with van der Waals surface area (Å²) in [5, 5.41) is 7.74. The van der Waals surface area contributed by atoms with E-state index in [-0.39, 0.29) is 5.82 Å². The molecule has 0 fully saturated rings. The maximum absolute atomic E-state index is 12.8. The minimum atomic E-state index is -0.252. The lowest BCUT2D eigenvalue weighted by Gasteiger charge is -2.06. The molecule has 4 nitrogen and oxygen atoms in total. The normalized spacial score (nSPS) is 10.6. The second-order valence-electron chi connectivity index (χ2n) is 4.57. The molecular formula is C16H13FN2O2. The number of rotatable bonds is 4.